The van der Waals surface area contributed by atoms with Crippen LogP contribution in [0.3, 0.4) is 0 Å². The second-order valence-corrected chi connectivity index (χ2v) is 5.88. The van der Waals surface area contributed by atoms with Gasteiger partial charge in [-0.25, -0.2) is 0 Å². The zero-order valence-electron chi connectivity index (χ0n) is 12.9. The number of hydrogen-bond acceptors (Lipinski definition) is 3. The summed E-state index contributed by atoms with van der Waals surface area (Å²) in [6.07, 6.45) is 3.54. The summed E-state index contributed by atoms with van der Waals surface area (Å²) in [6.45, 7) is 3.56. The largest absolute Gasteiger partial charge is 0.381 e. The third-order valence-electron chi connectivity index (χ3n) is 3.55. The van der Waals surface area contributed by atoms with Gasteiger partial charge >= 0.3 is 0 Å². The quantitative estimate of drug-likeness (QED) is 0.671. The lowest BCUT2D eigenvalue weighted by atomic mass is 10.2. The van der Waals surface area contributed by atoms with Gasteiger partial charge in [0.1, 0.15) is 0 Å². The first-order chi connectivity index (χ1) is 10.2. The smallest absolute Gasteiger partial charge is 0.234 e. The van der Waals surface area contributed by atoms with Crippen molar-refractivity contribution in [2.24, 2.45) is 5.92 Å². The average Bonchev–Trinajstić information content (AvgIpc) is 3.27. The number of carbonyl (C=O) groups is 1. The van der Waals surface area contributed by atoms with Crippen LogP contribution in [0.25, 0.3) is 0 Å². The number of likely N-dealkylation sites (N-methyl/N-ethyl adjacent to an activating group) is 1. The molecule has 0 bridgehead atoms. The van der Waals surface area contributed by atoms with Gasteiger partial charge in [-0.05, 0) is 37.8 Å². The minimum Gasteiger partial charge on any atom is -0.381 e. The molecular formula is C17H26N2O2. The van der Waals surface area contributed by atoms with Crippen molar-refractivity contribution >= 4 is 5.91 Å². The summed E-state index contributed by atoms with van der Waals surface area (Å²) < 4.78 is 5.54. The molecule has 1 aromatic rings. The fourth-order valence-electron chi connectivity index (χ4n) is 2.19. The van der Waals surface area contributed by atoms with Crippen molar-refractivity contribution in [1.29, 1.82) is 0 Å². The number of hydrogen-bond donors (Lipinski definition) is 1. The van der Waals surface area contributed by atoms with E-state index in [2.05, 4.69) is 17.4 Å². The van der Waals surface area contributed by atoms with E-state index in [1.54, 1.807) is 0 Å². The van der Waals surface area contributed by atoms with Crippen LogP contribution in [0.4, 0.5) is 0 Å². The first-order valence-corrected chi connectivity index (χ1v) is 7.81. The molecule has 0 aliphatic heterocycles. The Morgan fingerprint density at radius 3 is 2.81 bits per heavy atom. The topological polar surface area (TPSA) is 41.6 Å². The molecule has 1 aliphatic rings. The standard InChI is InChI=1S/C17H26N2O2/c1-19(12-15-6-3-2-4-7-15)13-17(20)18-10-5-11-21-14-16-8-9-16/h2-4,6-7,16H,5,8-14H2,1H3,(H,18,20). The Labute approximate surface area is 127 Å². The van der Waals surface area contributed by atoms with Gasteiger partial charge in [0.05, 0.1) is 6.54 Å². The molecule has 2 rings (SSSR count). The maximum atomic E-state index is 11.8. The summed E-state index contributed by atoms with van der Waals surface area (Å²) in [5.74, 6) is 0.891. The van der Waals surface area contributed by atoms with Crippen LogP contribution in [-0.4, -0.2) is 44.2 Å². The van der Waals surface area contributed by atoms with Crippen LogP contribution in [0.5, 0.6) is 0 Å². The molecule has 0 spiro atoms. The molecule has 21 heavy (non-hydrogen) atoms. The monoisotopic (exact) mass is 290 g/mol. The fourth-order valence-corrected chi connectivity index (χ4v) is 2.19. The molecule has 0 aromatic heterocycles. The zero-order chi connectivity index (χ0) is 14.9. The first-order valence-electron chi connectivity index (χ1n) is 7.81. The van der Waals surface area contributed by atoms with Crippen molar-refractivity contribution in [2.75, 3.05) is 33.4 Å². The Morgan fingerprint density at radius 1 is 1.33 bits per heavy atom. The van der Waals surface area contributed by atoms with Gasteiger partial charge in [-0.1, -0.05) is 30.3 Å². The lowest BCUT2D eigenvalue weighted by molar-refractivity contribution is -0.122. The van der Waals surface area contributed by atoms with E-state index < -0.39 is 0 Å². The highest BCUT2D eigenvalue weighted by Gasteiger charge is 2.20. The van der Waals surface area contributed by atoms with Gasteiger partial charge in [-0.2, -0.15) is 0 Å². The highest BCUT2D eigenvalue weighted by atomic mass is 16.5. The molecule has 0 heterocycles. The summed E-state index contributed by atoms with van der Waals surface area (Å²) >= 11 is 0. The number of ether oxygens (including phenoxy) is 1. The number of amides is 1. The number of benzene rings is 1. The van der Waals surface area contributed by atoms with Crippen LogP contribution >= 0.6 is 0 Å². The number of rotatable bonds is 10. The molecule has 0 radical (unpaired) electrons. The highest BCUT2D eigenvalue weighted by Crippen LogP contribution is 2.28. The number of carbonyl (C=O) groups excluding carboxylic acids is 1. The zero-order valence-corrected chi connectivity index (χ0v) is 12.9. The van der Waals surface area contributed by atoms with Gasteiger partial charge in [0.25, 0.3) is 0 Å². The Balaban J connectivity index is 1.49. The van der Waals surface area contributed by atoms with E-state index in [4.69, 9.17) is 4.74 Å². The molecule has 116 valence electrons. The Morgan fingerprint density at radius 2 is 2.10 bits per heavy atom. The third kappa shape index (κ3) is 7.25. The van der Waals surface area contributed by atoms with E-state index in [-0.39, 0.29) is 5.91 Å². The van der Waals surface area contributed by atoms with E-state index in [1.165, 1.54) is 18.4 Å². The highest BCUT2D eigenvalue weighted by molar-refractivity contribution is 5.77. The summed E-state index contributed by atoms with van der Waals surface area (Å²) in [7, 11) is 1.96. The molecule has 1 fully saturated rings. The Bertz CT molecular complexity index is 418. The molecule has 4 nitrogen and oxygen atoms in total. The summed E-state index contributed by atoms with van der Waals surface area (Å²) in [5.41, 5.74) is 1.22. The molecule has 1 saturated carbocycles. The van der Waals surface area contributed by atoms with Gasteiger partial charge < -0.3 is 10.1 Å². The van der Waals surface area contributed by atoms with Crippen LogP contribution in [0.2, 0.25) is 0 Å². The molecule has 0 saturated heterocycles. The van der Waals surface area contributed by atoms with Crippen molar-refractivity contribution in [2.45, 2.75) is 25.8 Å². The van der Waals surface area contributed by atoms with Gasteiger partial charge in [0.15, 0.2) is 0 Å². The lowest BCUT2D eigenvalue weighted by Gasteiger charge is -2.16. The molecule has 1 amide bonds. The van der Waals surface area contributed by atoms with Crippen molar-refractivity contribution in [3.05, 3.63) is 35.9 Å². The molecule has 1 aromatic carbocycles. The number of nitrogens with zero attached hydrogens (tertiary/aromatic N) is 1. The molecule has 0 atom stereocenters. The summed E-state index contributed by atoms with van der Waals surface area (Å²) in [5, 5.41) is 2.94. The van der Waals surface area contributed by atoms with Gasteiger partial charge in [0.2, 0.25) is 5.91 Å². The fraction of sp³-hybridized carbons (Fsp3) is 0.588. The van der Waals surface area contributed by atoms with Crippen molar-refractivity contribution in [3.63, 3.8) is 0 Å². The van der Waals surface area contributed by atoms with Crippen LogP contribution in [0.15, 0.2) is 30.3 Å². The molecule has 1 aliphatic carbocycles. The van der Waals surface area contributed by atoms with Crippen LogP contribution < -0.4 is 5.32 Å². The van der Waals surface area contributed by atoms with E-state index in [9.17, 15) is 4.79 Å². The van der Waals surface area contributed by atoms with Crippen molar-refractivity contribution < 1.29 is 9.53 Å². The SMILES string of the molecule is CN(CC(=O)NCCCOCC1CC1)Cc1ccccc1. The normalized spacial score (nSPS) is 14.4. The predicted molar refractivity (Wildman–Crippen MR) is 83.9 cm³/mol. The van der Waals surface area contributed by atoms with E-state index in [0.29, 0.717) is 13.1 Å². The van der Waals surface area contributed by atoms with Crippen LogP contribution in [-0.2, 0) is 16.1 Å². The first kappa shape index (κ1) is 16.0. The third-order valence-corrected chi connectivity index (χ3v) is 3.55. The Kier molecular flexibility index (Phi) is 6.70. The Hall–Kier alpha value is -1.39. The average molecular weight is 290 g/mol. The molecule has 0 unspecified atom stereocenters. The van der Waals surface area contributed by atoms with Gasteiger partial charge in [0, 0.05) is 26.3 Å². The maximum Gasteiger partial charge on any atom is 0.234 e. The van der Waals surface area contributed by atoms with Crippen molar-refractivity contribution in [3.8, 4) is 0 Å². The predicted octanol–water partition coefficient (Wildman–Crippen LogP) is 2.05. The molecule has 1 N–H and O–H groups in total. The van der Waals surface area contributed by atoms with Gasteiger partial charge in [-0.15, -0.1) is 0 Å². The van der Waals surface area contributed by atoms with E-state index in [1.807, 2.05) is 30.1 Å². The second kappa shape index (κ2) is 8.80. The maximum absolute atomic E-state index is 11.8. The molecule has 4 heteroatoms. The van der Waals surface area contributed by atoms with E-state index in [0.717, 1.165) is 32.1 Å². The van der Waals surface area contributed by atoms with Crippen LogP contribution in [0, 0.1) is 5.92 Å². The van der Waals surface area contributed by atoms with Crippen molar-refractivity contribution in [1.82, 2.24) is 10.2 Å². The second-order valence-electron chi connectivity index (χ2n) is 5.88. The van der Waals surface area contributed by atoms with E-state index >= 15 is 0 Å². The minimum atomic E-state index is 0.0793. The number of nitrogens with one attached hydrogen (secondary N) is 1. The summed E-state index contributed by atoms with van der Waals surface area (Å²) in [4.78, 5) is 13.8. The van der Waals surface area contributed by atoms with Crippen LogP contribution in [0.1, 0.15) is 24.8 Å². The minimum absolute atomic E-state index is 0.0793. The summed E-state index contributed by atoms with van der Waals surface area (Å²) in [6, 6.07) is 10.2. The molecular weight excluding hydrogens is 264 g/mol. The van der Waals surface area contributed by atoms with Gasteiger partial charge in [-0.3, -0.25) is 9.69 Å². The lowest BCUT2D eigenvalue weighted by Crippen LogP contribution is -2.35.